The Kier molecular flexibility index (Phi) is 6.53. The molecular formula is C25H29N3O2. The summed E-state index contributed by atoms with van der Waals surface area (Å²) in [5.41, 5.74) is 6.64. The maximum absolute atomic E-state index is 13.3. The lowest BCUT2D eigenvalue weighted by Crippen LogP contribution is -2.61. The van der Waals surface area contributed by atoms with E-state index in [1.54, 1.807) is 21.0 Å². The topological polar surface area (TPSA) is 75.4 Å². The van der Waals surface area contributed by atoms with E-state index in [-0.39, 0.29) is 5.91 Å². The number of hydrogen-bond acceptors (Lipinski definition) is 3. The number of carbonyl (C=O) groups excluding carboxylic acids is 2. The Morgan fingerprint density at radius 3 is 2.23 bits per heavy atom. The number of rotatable bonds is 8. The number of nitrogens with one attached hydrogen (secondary N) is 1. The van der Waals surface area contributed by atoms with E-state index in [9.17, 15) is 9.59 Å². The molecule has 0 unspecified atom stereocenters. The average Bonchev–Trinajstić information content (AvgIpc) is 2.76. The van der Waals surface area contributed by atoms with Crippen molar-refractivity contribution >= 4 is 22.6 Å². The lowest BCUT2D eigenvalue weighted by Gasteiger charge is -2.38. The first-order chi connectivity index (χ1) is 14.3. The second-order valence-electron chi connectivity index (χ2n) is 7.92. The summed E-state index contributed by atoms with van der Waals surface area (Å²) in [5, 5.41) is 5.41. The van der Waals surface area contributed by atoms with E-state index in [0.717, 1.165) is 21.9 Å². The van der Waals surface area contributed by atoms with Gasteiger partial charge in [0.15, 0.2) is 0 Å². The van der Waals surface area contributed by atoms with E-state index >= 15 is 0 Å². The minimum absolute atomic E-state index is 0.164. The first kappa shape index (κ1) is 21.5. The first-order valence-corrected chi connectivity index (χ1v) is 10.1. The molecule has 0 spiro atoms. The summed E-state index contributed by atoms with van der Waals surface area (Å²) in [6.45, 7) is 1.73. The van der Waals surface area contributed by atoms with Crippen molar-refractivity contribution in [1.29, 1.82) is 0 Å². The number of likely N-dealkylation sites (N-methyl/N-ethyl adjacent to an activating group) is 2. The highest BCUT2D eigenvalue weighted by molar-refractivity contribution is 5.92. The van der Waals surface area contributed by atoms with Crippen molar-refractivity contribution in [2.45, 2.75) is 31.3 Å². The molecule has 0 heterocycles. The number of hydrogen-bond donors (Lipinski definition) is 2. The Morgan fingerprint density at radius 1 is 0.967 bits per heavy atom. The lowest BCUT2D eigenvalue weighted by molar-refractivity contribution is -0.145. The Balaban J connectivity index is 1.82. The summed E-state index contributed by atoms with van der Waals surface area (Å²) >= 11 is 0. The molecule has 5 heteroatoms. The third-order valence-electron chi connectivity index (χ3n) is 5.89. The number of nitrogens with zero attached hydrogens (tertiary/aromatic N) is 1. The Morgan fingerprint density at radius 2 is 1.60 bits per heavy atom. The second-order valence-corrected chi connectivity index (χ2v) is 7.92. The van der Waals surface area contributed by atoms with Gasteiger partial charge in [-0.25, -0.2) is 0 Å². The molecule has 0 aromatic heterocycles. The van der Waals surface area contributed by atoms with E-state index in [2.05, 4.69) is 29.6 Å². The van der Waals surface area contributed by atoms with E-state index in [4.69, 9.17) is 5.73 Å². The number of benzene rings is 3. The molecule has 3 aromatic carbocycles. The van der Waals surface area contributed by atoms with Gasteiger partial charge in [-0.1, -0.05) is 72.8 Å². The molecule has 2 amide bonds. The molecule has 0 aliphatic rings. The van der Waals surface area contributed by atoms with Crippen LogP contribution in [0.1, 0.15) is 18.1 Å². The number of amides is 2. The molecule has 3 rings (SSSR count). The highest BCUT2D eigenvalue weighted by Gasteiger charge is 2.40. The number of fused-ring (bicyclic) bond motifs is 1. The summed E-state index contributed by atoms with van der Waals surface area (Å²) in [5.74, 6) is -0.689. The van der Waals surface area contributed by atoms with E-state index in [1.807, 2.05) is 48.5 Å². The van der Waals surface area contributed by atoms with Gasteiger partial charge in [-0.15, -0.1) is 0 Å². The molecule has 0 aliphatic heterocycles. The van der Waals surface area contributed by atoms with Gasteiger partial charge in [0.2, 0.25) is 11.8 Å². The fraction of sp³-hybridized carbons (Fsp3) is 0.280. The molecule has 0 aliphatic carbocycles. The molecule has 0 saturated heterocycles. The van der Waals surface area contributed by atoms with Crippen molar-refractivity contribution in [2.24, 2.45) is 5.73 Å². The summed E-state index contributed by atoms with van der Waals surface area (Å²) in [4.78, 5) is 27.2. The van der Waals surface area contributed by atoms with Gasteiger partial charge in [0.25, 0.3) is 0 Å². The average molecular weight is 404 g/mol. The van der Waals surface area contributed by atoms with Crippen LogP contribution in [0.3, 0.4) is 0 Å². The van der Waals surface area contributed by atoms with Crippen molar-refractivity contribution in [3.05, 3.63) is 83.9 Å². The van der Waals surface area contributed by atoms with Crippen LogP contribution in [0.5, 0.6) is 0 Å². The standard InChI is InChI=1S/C25H29N3O2/c1-25(24(26)30,17-18-9-5-4-6-10-18)28(3)23(29)22(27-2)16-19-13-14-20-11-7-8-12-21(20)15-19/h4-15,22,27H,16-17H2,1-3H3,(H2,26,30)/t22-,25-/m1/s1. The second kappa shape index (κ2) is 9.09. The van der Waals surface area contributed by atoms with Crippen LogP contribution in [0, 0.1) is 0 Å². The normalized spacial score (nSPS) is 14.1. The number of primary amides is 1. The lowest BCUT2D eigenvalue weighted by atomic mass is 9.89. The zero-order chi connectivity index (χ0) is 21.7. The van der Waals surface area contributed by atoms with Crippen LogP contribution >= 0.6 is 0 Å². The Hall–Kier alpha value is -3.18. The van der Waals surface area contributed by atoms with Gasteiger partial charge in [0.1, 0.15) is 5.54 Å². The predicted molar refractivity (Wildman–Crippen MR) is 121 cm³/mol. The van der Waals surface area contributed by atoms with E-state index in [1.165, 1.54) is 4.90 Å². The minimum atomic E-state index is -1.13. The predicted octanol–water partition coefficient (Wildman–Crippen LogP) is 2.92. The summed E-state index contributed by atoms with van der Waals surface area (Å²) in [6, 6.07) is 23.5. The van der Waals surface area contributed by atoms with Crippen molar-refractivity contribution in [3.63, 3.8) is 0 Å². The number of nitrogens with two attached hydrogens (primary N) is 1. The van der Waals surface area contributed by atoms with Crippen LogP contribution < -0.4 is 11.1 Å². The van der Waals surface area contributed by atoms with Crippen molar-refractivity contribution < 1.29 is 9.59 Å². The molecule has 3 N–H and O–H groups in total. The third-order valence-corrected chi connectivity index (χ3v) is 5.89. The monoisotopic (exact) mass is 403 g/mol. The van der Waals surface area contributed by atoms with Crippen LogP contribution in [-0.4, -0.2) is 42.4 Å². The van der Waals surface area contributed by atoms with Gasteiger partial charge in [-0.3, -0.25) is 9.59 Å². The van der Waals surface area contributed by atoms with Gasteiger partial charge in [-0.2, -0.15) is 0 Å². The maximum atomic E-state index is 13.3. The molecule has 5 nitrogen and oxygen atoms in total. The molecular weight excluding hydrogens is 374 g/mol. The third kappa shape index (κ3) is 4.52. The molecule has 156 valence electrons. The SMILES string of the molecule is CN[C@H](Cc1ccc2ccccc2c1)C(=O)N(C)[C@](C)(Cc1ccccc1)C(N)=O. The Labute approximate surface area is 177 Å². The number of carbonyl (C=O) groups is 2. The fourth-order valence-corrected chi connectivity index (χ4v) is 3.76. The van der Waals surface area contributed by atoms with Crippen LogP contribution in [-0.2, 0) is 22.4 Å². The van der Waals surface area contributed by atoms with Crippen molar-refractivity contribution in [2.75, 3.05) is 14.1 Å². The maximum Gasteiger partial charge on any atom is 0.243 e. The zero-order valence-electron chi connectivity index (χ0n) is 17.8. The van der Waals surface area contributed by atoms with Crippen molar-refractivity contribution in [1.82, 2.24) is 10.2 Å². The molecule has 0 fully saturated rings. The first-order valence-electron chi connectivity index (χ1n) is 10.1. The molecule has 2 atom stereocenters. The fourth-order valence-electron chi connectivity index (χ4n) is 3.76. The molecule has 0 saturated carbocycles. The van der Waals surface area contributed by atoms with Gasteiger partial charge in [0.05, 0.1) is 6.04 Å². The highest BCUT2D eigenvalue weighted by Crippen LogP contribution is 2.22. The van der Waals surface area contributed by atoms with Crippen molar-refractivity contribution in [3.8, 4) is 0 Å². The summed E-state index contributed by atoms with van der Waals surface area (Å²) in [6.07, 6.45) is 0.877. The van der Waals surface area contributed by atoms with Gasteiger partial charge in [-0.05, 0) is 42.3 Å². The minimum Gasteiger partial charge on any atom is -0.368 e. The van der Waals surface area contributed by atoms with Gasteiger partial charge >= 0.3 is 0 Å². The van der Waals surface area contributed by atoms with E-state index < -0.39 is 17.5 Å². The largest absolute Gasteiger partial charge is 0.368 e. The molecule has 0 bridgehead atoms. The molecule has 0 radical (unpaired) electrons. The quantitative estimate of drug-likeness (QED) is 0.607. The zero-order valence-corrected chi connectivity index (χ0v) is 17.8. The summed E-state index contributed by atoms with van der Waals surface area (Å²) < 4.78 is 0. The molecule has 30 heavy (non-hydrogen) atoms. The van der Waals surface area contributed by atoms with Crippen LogP contribution in [0.25, 0.3) is 10.8 Å². The van der Waals surface area contributed by atoms with E-state index in [0.29, 0.717) is 12.8 Å². The van der Waals surface area contributed by atoms with Gasteiger partial charge < -0.3 is 16.0 Å². The highest BCUT2D eigenvalue weighted by atomic mass is 16.2. The smallest absolute Gasteiger partial charge is 0.243 e. The summed E-state index contributed by atoms with van der Waals surface area (Å²) in [7, 11) is 3.41. The van der Waals surface area contributed by atoms with Crippen LogP contribution in [0.15, 0.2) is 72.8 Å². The van der Waals surface area contributed by atoms with Gasteiger partial charge in [0, 0.05) is 13.5 Å². The Bertz CT molecular complexity index is 1030. The van der Waals surface area contributed by atoms with Crippen LogP contribution in [0.2, 0.25) is 0 Å². The molecule has 3 aromatic rings. The van der Waals surface area contributed by atoms with Crippen LogP contribution in [0.4, 0.5) is 0 Å².